The zero-order valence-corrected chi connectivity index (χ0v) is 25.6. The molecule has 5 rings (SSSR count). The second-order valence-corrected chi connectivity index (χ2v) is 14.0. The molecule has 1 aliphatic heterocycles. The van der Waals surface area contributed by atoms with Gasteiger partial charge in [-0.05, 0) is 59.2 Å². The summed E-state index contributed by atoms with van der Waals surface area (Å²) in [6, 6.07) is 35.2. The van der Waals surface area contributed by atoms with Gasteiger partial charge in [-0.3, -0.25) is 4.31 Å². The molecule has 6 nitrogen and oxygen atoms in total. The molecule has 4 aromatic rings. The lowest BCUT2D eigenvalue weighted by Crippen LogP contribution is -2.37. The van der Waals surface area contributed by atoms with Gasteiger partial charge in [0.05, 0.1) is 16.2 Å². The van der Waals surface area contributed by atoms with E-state index in [2.05, 4.69) is 0 Å². The Morgan fingerprint density at radius 3 is 1.81 bits per heavy atom. The highest BCUT2D eigenvalue weighted by molar-refractivity contribution is 7.92. The van der Waals surface area contributed by atoms with Crippen molar-refractivity contribution in [1.29, 1.82) is 0 Å². The zero-order valence-electron chi connectivity index (χ0n) is 24.7. The van der Waals surface area contributed by atoms with Gasteiger partial charge >= 0.3 is 5.97 Å². The molecule has 1 heterocycles. The van der Waals surface area contributed by atoms with Crippen molar-refractivity contribution < 1.29 is 23.1 Å². The number of anilines is 1. The number of carbonyl (C=O) groups excluding carboxylic acids is 1. The Bertz CT molecular complexity index is 1670. The summed E-state index contributed by atoms with van der Waals surface area (Å²) in [7, 11) is -2.17. The third-order valence-corrected chi connectivity index (χ3v) is 9.73. The standard InChI is InChI=1S/C36H37NO5S/c1-35(2,23-29-18-13-19-30(22-29)37(3)43(40,41)31-20-11-6-12-21-31)26-32-33(38)36(42-34(32)39,24-27-14-7-4-8-15-27)25-28-16-9-5-10-17-28/h4-22,38H,23-26H2,1-3H3. The number of nitrogens with zero attached hydrogens (tertiary/aromatic N) is 1. The normalized spacial score (nSPS) is 14.9. The predicted octanol–water partition coefficient (Wildman–Crippen LogP) is 7.06. The first-order chi connectivity index (χ1) is 20.5. The van der Waals surface area contributed by atoms with Gasteiger partial charge in [-0.1, -0.05) is 105 Å². The topological polar surface area (TPSA) is 83.9 Å². The molecule has 1 N–H and O–H groups in total. The molecule has 7 heteroatoms. The van der Waals surface area contributed by atoms with Crippen LogP contribution in [-0.4, -0.2) is 32.1 Å². The van der Waals surface area contributed by atoms with Crippen LogP contribution in [0.1, 0.15) is 37.0 Å². The number of esters is 1. The molecule has 222 valence electrons. The Kier molecular flexibility index (Phi) is 8.47. The van der Waals surface area contributed by atoms with Gasteiger partial charge in [0.2, 0.25) is 0 Å². The summed E-state index contributed by atoms with van der Waals surface area (Å²) in [5.41, 5.74) is 2.03. The highest BCUT2D eigenvalue weighted by Crippen LogP contribution is 2.42. The number of hydrogen-bond acceptors (Lipinski definition) is 5. The molecular formula is C36H37NO5S. The van der Waals surface area contributed by atoms with Crippen molar-refractivity contribution in [1.82, 2.24) is 0 Å². The summed E-state index contributed by atoms with van der Waals surface area (Å²) in [6.07, 6.45) is 1.56. The lowest BCUT2D eigenvalue weighted by atomic mass is 9.78. The molecule has 0 saturated carbocycles. The minimum Gasteiger partial charge on any atom is -0.507 e. The smallest absolute Gasteiger partial charge is 0.338 e. The SMILES string of the molecule is CN(c1cccc(CC(C)(C)CC2=C(O)C(Cc3ccccc3)(Cc3ccccc3)OC2=O)c1)S(=O)(=O)c1ccccc1. The molecule has 0 bridgehead atoms. The van der Waals surface area contributed by atoms with Crippen molar-refractivity contribution >= 4 is 21.7 Å². The van der Waals surface area contributed by atoms with Gasteiger partial charge in [0.1, 0.15) is 5.76 Å². The van der Waals surface area contributed by atoms with Crippen LogP contribution >= 0.6 is 0 Å². The average molecular weight is 596 g/mol. The van der Waals surface area contributed by atoms with Gasteiger partial charge in [-0.15, -0.1) is 0 Å². The minimum absolute atomic E-state index is 0.0132. The van der Waals surface area contributed by atoms with E-state index < -0.39 is 27.0 Å². The summed E-state index contributed by atoms with van der Waals surface area (Å²) >= 11 is 0. The van der Waals surface area contributed by atoms with Gasteiger partial charge in [0, 0.05) is 19.9 Å². The van der Waals surface area contributed by atoms with Gasteiger partial charge in [0.15, 0.2) is 5.60 Å². The second-order valence-electron chi connectivity index (χ2n) is 12.0. The Hall–Kier alpha value is -4.36. The van der Waals surface area contributed by atoms with E-state index >= 15 is 0 Å². The summed E-state index contributed by atoms with van der Waals surface area (Å²) in [5, 5.41) is 11.7. The van der Waals surface area contributed by atoms with E-state index in [9.17, 15) is 18.3 Å². The van der Waals surface area contributed by atoms with Gasteiger partial charge in [0.25, 0.3) is 10.0 Å². The van der Waals surface area contributed by atoms with Crippen LogP contribution in [0.4, 0.5) is 5.69 Å². The molecule has 0 saturated heterocycles. The van der Waals surface area contributed by atoms with Crippen LogP contribution in [-0.2, 0) is 38.8 Å². The molecule has 0 fully saturated rings. The van der Waals surface area contributed by atoms with E-state index in [1.165, 1.54) is 4.31 Å². The van der Waals surface area contributed by atoms with E-state index in [1.807, 2.05) is 92.7 Å². The van der Waals surface area contributed by atoms with Crippen molar-refractivity contribution in [2.24, 2.45) is 5.41 Å². The number of ether oxygens (including phenoxy) is 1. The van der Waals surface area contributed by atoms with Gasteiger partial charge in [-0.2, -0.15) is 0 Å². The van der Waals surface area contributed by atoms with Gasteiger partial charge < -0.3 is 9.84 Å². The molecule has 0 spiro atoms. The fraction of sp³-hybridized carbons (Fsp3) is 0.250. The number of aliphatic hydroxyl groups excluding tert-OH is 1. The maximum absolute atomic E-state index is 13.4. The Balaban J connectivity index is 1.40. The first kappa shape index (κ1) is 30.1. The van der Waals surface area contributed by atoms with E-state index in [1.54, 1.807) is 43.4 Å². The van der Waals surface area contributed by atoms with Crippen molar-refractivity contribution in [2.45, 2.75) is 50.0 Å². The number of hydrogen-bond donors (Lipinski definition) is 1. The first-order valence-corrected chi connectivity index (χ1v) is 15.8. The molecule has 1 aliphatic rings. The summed E-state index contributed by atoms with van der Waals surface area (Å²) in [6.45, 7) is 4.07. The molecule has 0 aliphatic carbocycles. The summed E-state index contributed by atoms with van der Waals surface area (Å²) in [5.74, 6) is -0.513. The second kappa shape index (κ2) is 12.1. The minimum atomic E-state index is -3.72. The van der Waals surface area contributed by atoms with Crippen molar-refractivity contribution in [3.8, 4) is 0 Å². The number of sulfonamides is 1. The third kappa shape index (κ3) is 6.67. The van der Waals surface area contributed by atoms with Crippen LogP contribution in [0.2, 0.25) is 0 Å². The molecule has 0 unspecified atom stereocenters. The van der Waals surface area contributed by atoms with Crippen molar-refractivity contribution in [3.63, 3.8) is 0 Å². The first-order valence-electron chi connectivity index (χ1n) is 14.4. The Morgan fingerprint density at radius 1 is 0.744 bits per heavy atom. The molecule has 0 amide bonds. The molecule has 4 aromatic carbocycles. The fourth-order valence-electron chi connectivity index (χ4n) is 5.81. The van der Waals surface area contributed by atoms with Crippen LogP contribution in [0.3, 0.4) is 0 Å². The van der Waals surface area contributed by atoms with Crippen LogP contribution < -0.4 is 4.31 Å². The van der Waals surface area contributed by atoms with Crippen LogP contribution in [0, 0.1) is 5.41 Å². The molecule has 0 aromatic heterocycles. The van der Waals surface area contributed by atoms with E-state index in [4.69, 9.17) is 4.74 Å². The highest BCUT2D eigenvalue weighted by atomic mass is 32.2. The van der Waals surface area contributed by atoms with Gasteiger partial charge in [-0.25, -0.2) is 13.2 Å². The Labute approximate surface area is 254 Å². The molecule has 43 heavy (non-hydrogen) atoms. The molecule has 0 atom stereocenters. The molecular weight excluding hydrogens is 558 g/mol. The molecule has 0 radical (unpaired) electrons. The quantitative estimate of drug-likeness (QED) is 0.188. The van der Waals surface area contributed by atoms with E-state index in [0.717, 1.165) is 16.7 Å². The van der Waals surface area contributed by atoms with E-state index in [-0.39, 0.29) is 16.2 Å². The number of cyclic esters (lactones) is 1. The van der Waals surface area contributed by atoms with Crippen LogP contribution in [0.25, 0.3) is 0 Å². The average Bonchev–Trinajstić information content (AvgIpc) is 3.21. The van der Waals surface area contributed by atoms with Crippen molar-refractivity contribution in [3.05, 3.63) is 143 Å². The highest BCUT2D eigenvalue weighted by Gasteiger charge is 2.49. The predicted molar refractivity (Wildman–Crippen MR) is 169 cm³/mol. The van der Waals surface area contributed by atoms with Crippen LogP contribution in [0.15, 0.2) is 131 Å². The summed E-state index contributed by atoms with van der Waals surface area (Å²) < 4.78 is 33.7. The lowest BCUT2D eigenvalue weighted by molar-refractivity contribution is -0.148. The maximum atomic E-state index is 13.4. The maximum Gasteiger partial charge on any atom is 0.338 e. The Morgan fingerprint density at radius 2 is 1.26 bits per heavy atom. The fourth-order valence-corrected chi connectivity index (χ4v) is 7.02. The van der Waals surface area contributed by atoms with Crippen LogP contribution in [0.5, 0.6) is 0 Å². The number of carbonyl (C=O) groups is 1. The van der Waals surface area contributed by atoms with Crippen molar-refractivity contribution in [2.75, 3.05) is 11.4 Å². The third-order valence-electron chi connectivity index (χ3n) is 7.93. The summed E-state index contributed by atoms with van der Waals surface area (Å²) in [4.78, 5) is 13.6. The lowest BCUT2D eigenvalue weighted by Gasteiger charge is -2.29. The number of aliphatic hydroxyl groups is 1. The monoisotopic (exact) mass is 595 g/mol. The zero-order chi connectivity index (χ0) is 30.7. The number of benzene rings is 4. The largest absolute Gasteiger partial charge is 0.507 e. The van der Waals surface area contributed by atoms with E-state index in [0.29, 0.717) is 31.4 Å². The number of rotatable bonds is 11.